The van der Waals surface area contributed by atoms with Crippen LogP contribution in [0.4, 0.5) is 11.5 Å². The molecule has 0 aliphatic heterocycles. The molecule has 5 nitrogen and oxygen atoms in total. The molecule has 6 heteroatoms. The zero-order valence-electron chi connectivity index (χ0n) is 11.0. The number of anilines is 2. The van der Waals surface area contributed by atoms with Gasteiger partial charge in [-0.3, -0.25) is 4.79 Å². The fourth-order valence-corrected chi connectivity index (χ4v) is 1.56. The number of carbonyl (C=O) groups excluding carboxylic acids is 1. The topological polar surface area (TPSA) is 77.2 Å². The van der Waals surface area contributed by atoms with E-state index in [4.69, 9.17) is 10.5 Å². The highest BCUT2D eigenvalue weighted by Crippen LogP contribution is 2.23. The lowest BCUT2D eigenvalue weighted by Crippen LogP contribution is -2.08. The lowest BCUT2D eigenvalue weighted by Gasteiger charge is -2.10. The number of pyridine rings is 1. The summed E-state index contributed by atoms with van der Waals surface area (Å²) in [5.41, 5.74) is 7.33. The molecule has 2 aromatic rings. The van der Waals surface area contributed by atoms with Gasteiger partial charge in [0.05, 0.1) is 11.9 Å². The number of rotatable bonds is 4. The molecule has 0 aliphatic rings. The number of halogens is 1. The van der Waals surface area contributed by atoms with Crippen molar-refractivity contribution in [2.24, 2.45) is 0 Å². The van der Waals surface area contributed by atoms with Gasteiger partial charge < -0.3 is 15.8 Å². The minimum Gasteiger partial charge on any atom is -0.485 e. The fourth-order valence-electron chi connectivity index (χ4n) is 1.56. The number of ether oxygens (including phenoxy) is 1. The summed E-state index contributed by atoms with van der Waals surface area (Å²) in [4.78, 5) is 15.0. The van der Waals surface area contributed by atoms with E-state index < -0.39 is 0 Å². The molecule has 1 heterocycles. The Kier molecular flexibility index (Phi) is 5.80. The summed E-state index contributed by atoms with van der Waals surface area (Å²) in [5.74, 6) is 0.722. The molecule has 1 aromatic carbocycles. The molecule has 2 rings (SSSR count). The summed E-state index contributed by atoms with van der Waals surface area (Å²) >= 11 is 0. The number of carbonyl (C=O) groups is 1. The van der Waals surface area contributed by atoms with Crippen molar-refractivity contribution in [3.8, 4) is 5.75 Å². The lowest BCUT2D eigenvalue weighted by atomic mass is 10.2. The van der Waals surface area contributed by atoms with Gasteiger partial charge >= 0.3 is 0 Å². The number of hydrogen-bond donors (Lipinski definition) is 2. The molecular formula is C14H16ClN3O2. The van der Waals surface area contributed by atoms with Gasteiger partial charge in [0.15, 0.2) is 5.75 Å². The summed E-state index contributed by atoms with van der Waals surface area (Å²) in [6.07, 6.45) is 1.50. The van der Waals surface area contributed by atoms with Crippen LogP contribution in [0.25, 0.3) is 0 Å². The van der Waals surface area contributed by atoms with Gasteiger partial charge in [-0.05, 0) is 5.56 Å². The van der Waals surface area contributed by atoms with Gasteiger partial charge in [0.25, 0.3) is 0 Å². The van der Waals surface area contributed by atoms with E-state index in [1.807, 2.05) is 30.3 Å². The van der Waals surface area contributed by atoms with Crippen LogP contribution in [0.5, 0.6) is 5.75 Å². The first-order valence-corrected chi connectivity index (χ1v) is 5.85. The van der Waals surface area contributed by atoms with Gasteiger partial charge in [0.1, 0.15) is 12.4 Å². The van der Waals surface area contributed by atoms with Crippen molar-refractivity contribution in [3.63, 3.8) is 0 Å². The number of amides is 1. The Labute approximate surface area is 123 Å². The molecule has 0 saturated heterocycles. The molecule has 20 heavy (non-hydrogen) atoms. The minimum atomic E-state index is -0.190. The highest BCUT2D eigenvalue weighted by molar-refractivity contribution is 5.88. The predicted molar refractivity (Wildman–Crippen MR) is 81.0 cm³/mol. The second kappa shape index (κ2) is 7.35. The van der Waals surface area contributed by atoms with Gasteiger partial charge in [-0.2, -0.15) is 0 Å². The smallest absolute Gasteiger partial charge is 0.222 e. The largest absolute Gasteiger partial charge is 0.485 e. The molecule has 0 spiro atoms. The summed E-state index contributed by atoms with van der Waals surface area (Å²) in [5, 5.41) is 2.56. The molecule has 0 aliphatic carbocycles. The third kappa shape index (κ3) is 4.44. The Hall–Kier alpha value is -2.27. The van der Waals surface area contributed by atoms with Crippen LogP contribution in [0.1, 0.15) is 12.5 Å². The first kappa shape index (κ1) is 15.8. The molecule has 106 valence electrons. The average molecular weight is 294 g/mol. The average Bonchev–Trinajstić information content (AvgIpc) is 2.38. The number of aromatic nitrogens is 1. The summed E-state index contributed by atoms with van der Waals surface area (Å²) < 4.78 is 5.58. The molecule has 0 radical (unpaired) electrons. The highest BCUT2D eigenvalue weighted by atomic mass is 35.5. The summed E-state index contributed by atoms with van der Waals surface area (Å²) in [7, 11) is 0. The summed E-state index contributed by atoms with van der Waals surface area (Å²) in [6, 6.07) is 11.3. The first-order chi connectivity index (χ1) is 9.15. The third-order valence-corrected chi connectivity index (χ3v) is 2.44. The van der Waals surface area contributed by atoms with Crippen molar-refractivity contribution >= 4 is 29.8 Å². The maximum Gasteiger partial charge on any atom is 0.222 e. The number of nitrogens with one attached hydrogen (secondary N) is 1. The monoisotopic (exact) mass is 293 g/mol. The highest BCUT2D eigenvalue weighted by Gasteiger charge is 2.04. The van der Waals surface area contributed by atoms with E-state index in [0.29, 0.717) is 23.9 Å². The number of benzene rings is 1. The number of hydrogen-bond acceptors (Lipinski definition) is 4. The van der Waals surface area contributed by atoms with Crippen LogP contribution >= 0.6 is 12.4 Å². The molecule has 3 N–H and O–H groups in total. The lowest BCUT2D eigenvalue weighted by molar-refractivity contribution is -0.114. The SMILES string of the molecule is CC(=O)Nc1cc(N)c(OCc2ccccc2)cn1.Cl. The summed E-state index contributed by atoms with van der Waals surface area (Å²) in [6.45, 7) is 1.84. The van der Waals surface area contributed by atoms with E-state index in [-0.39, 0.29) is 18.3 Å². The van der Waals surface area contributed by atoms with Gasteiger partial charge in [0, 0.05) is 13.0 Å². The Morgan fingerprint density at radius 3 is 2.65 bits per heavy atom. The molecule has 0 unspecified atom stereocenters. The standard InChI is InChI=1S/C14H15N3O2.ClH/c1-10(18)17-14-7-12(15)13(8-16-14)19-9-11-5-3-2-4-6-11;/h2-8H,9H2,1H3,(H3,15,16,17,18);1H. The second-order valence-electron chi connectivity index (χ2n) is 4.06. The predicted octanol–water partition coefficient (Wildman–Crippen LogP) is 2.62. The van der Waals surface area contributed by atoms with Gasteiger partial charge in [-0.1, -0.05) is 30.3 Å². The fraction of sp³-hybridized carbons (Fsp3) is 0.143. The maximum absolute atomic E-state index is 10.9. The minimum absolute atomic E-state index is 0. The number of nitrogen functional groups attached to an aromatic ring is 1. The van der Waals surface area contributed by atoms with Crippen LogP contribution in [0, 0.1) is 0 Å². The maximum atomic E-state index is 10.9. The van der Waals surface area contributed by atoms with Crippen molar-refractivity contribution < 1.29 is 9.53 Å². The van der Waals surface area contributed by atoms with E-state index in [2.05, 4.69) is 10.3 Å². The van der Waals surface area contributed by atoms with Crippen LogP contribution in [0.3, 0.4) is 0 Å². The van der Waals surface area contributed by atoms with Crippen LogP contribution in [0.15, 0.2) is 42.6 Å². The van der Waals surface area contributed by atoms with Crippen LogP contribution in [0.2, 0.25) is 0 Å². The molecule has 0 bridgehead atoms. The van der Waals surface area contributed by atoms with Gasteiger partial charge in [-0.25, -0.2) is 4.98 Å². The van der Waals surface area contributed by atoms with E-state index in [1.165, 1.54) is 13.1 Å². The molecule has 1 amide bonds. The van der Waals surface area contributed by atoms with Crippen LogP contribution < -0.4 is 15.8 Å². The first-order valence-electron chi connectivity index (χ1n) is 5.85. The third-order valence-electron chi connectivity index (χ3n) is 2.44. The molecule has 0 atom stereocenters. The van der Waals surface area contributed by atoms with Crippen molar-refractivity contribution in [2.45, 2.75) is 13.5 Å². The Balaban J connectivity index is 0.00000200. The van der Waals surface area contributed by atoms with E-state index in [9.17, 15) is 4.79 Å². The van der Waals surface area contributed by atoms with Crippen LogP contribution in [-0.2, 0) is 11.4 Å². The van der Waals surface area contributed by atoms with Crippen molar-refractivity contribution in [1.29, 1.82) is 0 Å². The van der Waals surface area contributed by atoms with Crippen LogP contribution in [-0.4, -0.2) is 10.9 Å². The van der Waals surface area contributed by atoms with E-state index in [0.717, 1.165) is 5.56 Å². The van der Waals surface area contributed by atoms with Gasteiger partial charge in [-0.15, -0.1) is 12.4 Å². The molecular weight excluding hydrogens is 278 g/mol. The second-order valence-corrected chi connectivity index (χ2v) is 4.06. The Bertz CT molecular complexity index is 576. The molecule has 0 fully saturated rings. The Morgan fingerprint density at radius 1 is 1.35 bits per heavy atom. The normalized spacial score (nSPS) is 9.45. The zero-order chi connectivity index (χ0) is 13.7. The van der Waals surface area contributed by atoms with E-state index in [1.54, 1.807) is 6.07 Å². The number of nitrogens with zero attached hydrogens (tertiary/aromatic N) is 1. The quantitative estimate of drug-likeness (QED) is 0.908. The van der Waals surface area contributed by atoms with Crippen molar-refractivity contribution in [3.05, 3.63) is 48.2 Å². The zero-order valence-corrected chi connectivity index (χ0v) is 11.8. The number of nitrogens with two attached hydrogens (primary N) is 1. The van der Waals surface area contributed by atoms with Gasteiger partial charge in [0.2, 0.25) is 5.91 Å². The molecule has 0 saturated carbocycles. The van der Waals surface area contributed by atoms with E-state index >= 15 is 0 Å². The van der Waals surface area contributed by atoms with Crippen molar-refractivity contribution in [2.75, 3.05) is 11.1 Å². The Morgan fingerprint density at radius 2 is 2.05 bits per heavy atom. The molecule has 1 aromatic heterocycles. The van der Waals surface area contributed by atoms with Crippen molar-refractivity contribution in [1.82, 2.24) is 4.98 Å².